The number of carbonyl (C=O) groups is 1. The van der Waals surface area contributed by atoms with Crippen molar-refractivity contribution in [1.29, 1.82) is 0 Å². The number of hydrogen-bond acceptors (Lipinski definition) is 2. The zero-order valence-electron chi connectivity index (χ0n) is 10.2. The maximum absolute atomic E-state index is 10.5. The third kappa shape index (κ3) is 1.84. The highest BCUT2D eigenvalue weighted by Crippen LogP contribution is 2.34. The standard InChI is InChI=1S/C14H19NO/c1-10(2)15-11(3)8-13-5-4-12(6-7-16)9-14(13)15/h4-5,7,9-11H,6,8H2,1-3H3. The average molecular weight is 217 g/mol. The van der Waals surface area contributed by atoms with E-state index >= 15 is 0 Å². The highest BCUT2D eigenvalue weighted by molar-refractivity contribution is 5.64. The van der Waals surface area contributed by atoms with E-state index in [9.17, 15) is 4.79 Å². The molecule has 2 nitrogen and oxygen atoms in total. The second-order valence-electron chi connectivity index (χ2n) is 4.89. The summed E-state index contributed by atoms with van der Waals surface area (Å²) in [7, 11) is 0. The summed E-state index contributed by atoms with van der Waals surface area (Å²) >= 11 is 0. The quantitative estimate of drug-likeness (QED) is 0.725. The molecular formula is C14H19NO. The minimum absolute atomic E-state index is 0.516. The lowest BCUT2D eigenvalue weighted by Crippen LogP contribution is -2.35. The summed E-state index contributed by atoms with van der Waals surface area (Å²) in [4.78, 5) is 13.0. The first-order valence-electron chi connectivity index (χ1n) is 5.97. The molecule has 0 amide bonds. The highest BCUT2D eigenvalue weighted by atomic mass is 16.1. The minimum Gasteiger partial charge on any atom is -0.366 e. The fourth-order valence-corrected chi connectivity index (χ4v) is 2.69. The van der Waals surface area contributed by atoms with Gasteiger partial charge >= 0.3 is 0 Å². The van der Waals surface area contributed by atoms with Gasteiger partial charge < -0.3 is 9.69 Å². The van der Waals surface area contributed by atoms with E-state index in [-0.39, 0.29) is 0 Å². The average Bonchev–Trinajstić information content (AvgIpc) is 2.53. The molecule has 0 aromatic heterocycles. The fourth-order valence-electron chi connectivity index (χ4n) is 2.69. The summed E-state index contributed by atoms with van der Waals surface area (Å²) in [5.41, 5.74) is 3.85. The van der Waals surface area contributed by atoms with Gasteiger partial charge in [-0.15, -0.1) is 0 Å². The van der Waals surface area contributed by atoms with Crippen molar-refractivity contribution in [2.75, 3.05) is 4.90 Å². The number of aldehydes is 1. The van der Waals surface area contributed by atoms with E-state index in [2.05, 4.69) is 43.9 Å². The van der Waals surface area contributed by atoms with E-state index in [0.29, 0.717) is 18.5 Å². The SMILES string of the molecule is CC(C)N1c2cc(CC=O)ccc2CC1C. The Kier molecular flexibility index (Phi) is 2.99. The van der Waals surface area contributed by atoms with Crippen LogP contribution in [0.3, 0.4) is 0 Å². The number of carbonyl (C=O) groups excluding carboxylic acids is 1. The number of hydrogen-bond donors (Lipinski definition) is 0. The maximum Gasteiger partial charge on any atom is 0.124 e. The van der Waals surface area contributed by atoms with E-state index in [4.69, 9.17) is 0 Å². The largest absolute Gasteiger partial charge is 0.366 e. The first-order chi connectivity index (χ1) is 7.63. The molecule has 0 spiro atoms. The molecule has 0 aliphatic carbocycles. The number of rotatable bonds is 3. The predicted molar refractivity (Wildman–Crippen MR) is 67.0 cm³/mol. The van der Waals surface area contributed by atoms with Crippen molar-refractivity contribution >= 4 is 12.0 Å². The molecule has 86 valence electrons. The summed E-state index contributed by atoms with van der Waals surface area (Å²) in [5.74, 6) is 0. The van der Waals surface area contributed by atoms with Gasteiger partial charge in [0.25, 0.3) is 0 Å². The predicted octanol–water partition coefficient (Wildman–Crippen LogP) is 2.59. The molecule has 1 aromatic rings. The van der Waals surface area contributed by atoms with Crippen LogP contribution in [0.4, 0.5) is 5.69 Å². The lowest BCUT2D eigenvalue weighted by Gasteiger charge is -2.29. The van der Waals surface area contributed by atoms with Crippen molar-refractivity contribution in [3.63, 3.8) is 0 Å². The smallest absolute Gasteiger partial charge is 0.124 e. The third-order valence-electron chi connectivity index (χ3n) is 3.29. The lowest BCUT2D eigenvalue weighted by molar-refractivity contribution is -0.107. The van der Waals surface area contributed by atoms with E-state index in [1.807, 2.05) is 0 Å². The van der Waals surface area contributed by atoms with Crippen LogP contribution in [0.5, 0.6) is 0 Å². The molecule has 0 fully saturated rings. The monoisotopic (exact) mass is 217 g/mol. The molecule has 2 heteroatoms. The van der Waals surface area contributed by atoms with E-state index in [0.717, 1.165) is 18.3 Å². The van der Waals surface area contributed by atoms with Gasteiger partial charge in [0, 0.05) is 24.2 Å². The van der Waals surface area contributed by atoms with Crippen LogP contribution in [0.15, 0.2) is 18.2 Å². The molecular weight excluding hydrogens is 198 g/mol. The van der Waals surface area contributed by atoms with Crippen LogP contribution >= 0.6 is 0 Å². The van der Waals surface area contributed by atoms with Gasteiger partial charge in [-0.2, -0.15) is 0 Å². The number of anilines is 1. The topological polar surface area (TPSA) is 20.3 Å². The van der Waals surface area contributed by atoms with Gasteiger partial charge in [0.05, 0.1) is 0 Å². The summed E-state index contributed by atoms with van der Waals surface area (Å²) in [6, 6.07) is 7.51. The van der Waals surface area contributed by atoms with Gasteiger partial charge in [-0.3, -0.25) is 0 Å². The zero-order valence-corrected chi connectivity index (χ0v) is 10.2. The Morgan fingerprint density at radius 3 is 2.88 bits per heavy atom. The van der Waals surface area contributed by atoms with Crippen LogP contribution in [0.1, 0.15) is 31.9 Å². The normalized spacial score (nSPS) is 19.0. The Morgan fingerprint density at radius 1 is 1.50 bits per heavy atom. The molecule has 1 atom stereocenters. The van der Waals surface area contributed by atoms with Gasteiger partial charge in [0.1, 0.15) is 6.29 Å². The molecule has 0 saturated heterocycles. The molecule has 1 aliphatic heterocycles. The highest BCUT2D eigenvalue weighted by Gasteiger charge is 2.27. The van der Waals surface area contributed by atoms with Crippen molar-refractivity contribution in [3.05, 3.63) is 29.3 Å². The molecule has 0 saturated carbocycles. The molecule has 0 radical (unpaired) electrons. The number of nitrogens with zero attached hydrogens (tertiary/aromatic N) is 1. The van der Waals surface area contributed by atoms with Crippen LogP contribution in [0.2, 0.25) is 0 Å². The molecule has 1 aliphatic rings. The van der Waals surface area contributed by atoms with E-state index < -0.39 is 0 Å². The second-order valence-corrected chi connectivity index (χ2v) is 4.89. The van der Waals surface area contributed by atoms with Crippen LogP contribution < -0.4 is 4.90 Å². The molecule has 0 bridgehead atoms. The first kappa shape index (κ1) is 11.2. The van der Waals surface area contributed by atoms with Gasteiger partial charge in [-0.25, -0.2) is 0 Å². The van der Waals surface area contributed by atoms with E-state index in [1.54, 1.807) is 0 Å². The lowest BCUT2D eigenvalue weighted by atomic mass is 10.1. The molecule has 1 aromatic carbocycles. The molecule has 2 rings (SSSR count). The van der Waals surface area contributed by atoms with Crippen molar-refractivity contribution in [1.82, 2.24) is 0 Å². The molecule has 1 heterocycles. The van der Waals surface area contributed by atoms with Crippen LogP contribution in [-0.2, 0) is 17.6 Å². The maximum atomic E-state index is 10.5. The Hall–Kier alpha value is -1.31. The Labute approximate surface area is 97.3 Å². The van der Waals surface area contributed by atoms with Crippen LogP contribution in [0.25, 0.3) is 0 Å². The number of benzene rings is 1. The summed E-state index contributed by atoms with van der Waals surface area (Å²) in [5, 5.41) is 0. The Bertz CT molecular complexity index is 398. The van der Waals surface area contributed by atoms with Gasteiger partial charge in [-0.1, -0.05) is 12.1 Å². The zero-order chi connectivity index (χ0) is 11.7. The second kappa shape index (κ2) is 4.28. The summed E-state index contributed by atoms with van der Waals surface area (Å²) in [6.45, 7) is 6.70. The van der Waals surface area contributed by atoms with Crippen molar-refractivity contribution in [3.8, 4) is 0 Å². The summed E-state index contributed by atoms with van der Waals surface area (Å²) < 4.78 is 0. The fraction of sp³-hybridized carbons (Fsp3) is 0.500. The summed E-state index contributed by atoms with van der Waals surface area (Å²) in [6.07, 6.45) is 2.61. The Morgan fingerprint density at radius 2 is 2.25 bits per heavy atom. The minimum atomic E-state index is 0.516. The molecule has 0 N–H and O–H groups in total. The third-order valence-corrected chi connectivity index (χ3v) is 3.29. The van der Waals surface area contributed by atoms with E-state index in [1.165, 1.54) is 11.3 Å². The van der Waals surface area contributed by atoms with Gasteiger partial charge in [0.15, 0.2) is 0 Å². The molecule has 16 heavy (non-hydrogen) atoms. The molecule has 1 unspecified atom stereocenters. The van der Waals surface area contributed by atoms with Crippen LogP contribution in [0, 0.1) is 0 Å². The number of fused-ring (bicyclic) bond motifs is 1. The van der Waals surface area contributed by atoms with Gasteiger partial charge in [-0.05, 0) is 44.4 Å². The first-order valence-corrected chi connectivity index (χ1v) is 5.97. The van der Waals surface area contributed by atoms with Crippen molar-refractivity contribution < 1.29 is 4.79 Å². The Balaban J connectivity index is 2.38. The van der Waals surface area contributed by atoms with Crippen molar-refractivity contribution in [2.24, 2.45) is 0 Å². The van der Waals surface area contributed by atoms with Crippen LogP contribution in [-0.4, -0.2) is 18.4 Å². The van der Waals surface area contributed by atoms with Gasteiger partial charge in [0.2, 0.25) is 0 Å². The van der Waals surface area contributed by atoms with Crippen molar-refractivity contribution in [2.45, 2.75) is 45.7 Å².